The van der Waals surface area contributed by atoms with Crippen LogP contribution in [-0.2, 0) is 9.47 Å². The quantitative estimate of drug-likeness (QED) is 0.552. The van der Waals surface area contributed by atoms with Crippen molar-refractivity contribution in [3.63, 3.8) is 0 Å². The number of hydrogen-bond donors (Lipinski definition) is 0. The molecule has 2 nitrogen and oxygen atoms in total. The van der Waals surface area contributed by atoms with E-state index in [0.717, 1.165) is 32.5 Å². The van der Waals surface area contributed by atoms with E-state index in [9.17, 15) is 0 Å². The summed E-state index contributed by atoms with van der Waals surface area (Å²) in [7, 11) is 0. The van der Waals surface area contributed by atoms with Gasteiger partial charge in [-0.25, -0.2) is 0 Å². The lowest BCUT2D eigenvalue weighted by Gasteiger charge is -2.28. The smallest absolute Gasteiger partial charge is 0.165 e. The zero-order chi connectivity index (χ0) is 9.45. The predicted octanol–water partition coefficient (Wildman–Crippen LogP) is 2.97. The molecule has 0 N–H and O–H groups in total. The molecular weight excluding hydrogens is 152 g/mol. The van der Waals surface area contributed by atoms with Crippen molar-refractivity contribution in [1.82, 2.24) is 0 Å². The van der Waals surface area contributed by atoms with Crippen LogP contribution in [0.3, 0.4) is 0 Å². The fraction of sp³-hybridized carbons (Fsp3) is 1.00. The van der Waals surface area contributed by atoms with Crippen molar-refractivity contribution < 1.29 is 9.47 Å². The van der Waals surface area contributed by atoms with Crippen molar-refractivity contribution in [3.05, 3.63) is 0 Å². The van der Waals surface area contributed by atoms with Gasteiger partial charge in [-0.1, -0.05) is 20.8 Å². The second-order valence-corrected chi connectivity index (χ2v) is 3.18. The normalized spacial score (nSPS) is 12.0. The summed E-state index contributed by atoms with van der Waals surface area (Å²) in [6, 6.07) is 0. The van der Waals surface area contributed by atoms with Crippen LogP contribution in [0.5, 0.6) is 0 Å². The molecule has 12 heavy (non-hydrogen) atoms. The summed E-state index contributed by atoms with van der Waals surface area (Å²) in [5, 5.41) is 0. The Kier molecular flexibility index (Phi) is 6.39. The highest BCUT2D eigenvalue weighted by molar-refractivity contribution is 4.59. The van der Waals surface area contributed by atoms with Crippen molar-refractivity contribution in [2.75, 3.05) is 13.2 Å². The van der Waals surface area contributed by atoms with E-state index in [1.807, 2.05) is 6.92 Å². The molecular formula is C10H22O2. The molecule has 0 bridgehead atoms. The van der Waals surface area contributed by atoms with Gasteiger partial charge < -0.3 is 9.47 Å². The van der Waals surface area contributed by atoms with Gasteiger partial charge in [-0.3, -0.25) is 0 Å². The molecule has 0 fully saturated rings. The second kappa shape index (κ2) is 6.44. The maximum Gasteiger partial charge on any atom is 0.165 e. The summed E-state index contributed by atoms with van der Waals surface area (Å²) in [5.74, 6) is -0.355. The van der Waals surface area contributed by atoms with Gasteiger partial charge in [0.2, 0.25) is 0 Å². The van der Waals surface area contributed by atoms with Crippen LogP contribution < -0.4 is 0 Å². The zero-order valence-corrected chi connectivity index (χ0v) is 8.85. The maximum absolute atomic E-state index is 5.61. The molecule has 0 spiro atoms. The third kappa shape index (κ3) is 4.73. The number of hydrogen-bond acceptors (Lipinski definition) is 2. The molecule has 0 amide bonds. The third-order valence-corrected chi connectivity index (χ3v) is 1.87. The van der Waals surface area contributed by atoms with Crippen LogP contribution in [0.2, 0.25) is 0 Å². The summed E-state index contributed by atoms with van der Waals surface area (Å²) in [6.07, 6.45) is 3.00. The Morgan fingerprint density at radius 2 is 1.33 bits per heavy atom. The topological polar surface area (TPSA) is 18.5 Å². The van der Waals surface area contributed by atoms with E-state index in [0.29, 0.717) is 0 Å². The Bertz CT molecular complexity index is 94.0. The molecule has 0 aliphatic rings. The first-order valence-corrected chi connectivity index (χ1v) is 4.96. The lowest BCUT2D eigenvalue weighted by molar-refractivity contribution is -0.226. The van der Waals surface area contributed by atoms with Gasteiger partial charge >= 0.3 is 0 Å². The van der Waals surface area contributed by atoms with Gasteiger partial charge in [0.15, 0.2) is 5.79 Å². The monoisotopic (exact) mass is 174 g/mol. The van der Waals surface area contributed by atoms with Gasteiger partial charge in [-0.15, -0.1) is 0 Å². The summed E-state index contributed by atoms with van der Waals surface area (Å²) in [4.78, 5) is 0. The van der Waals surface area contributed by atoms with Crippen LogP contribution in [-0.4, -0.2) is 19.0 Å². The molecule has 0 radical (unpaired) electrons. The fourth-order valence-corrected chi connectivity index (χ4v) is 0.882. The number of ether oxygens (including phenoxy) is 2. The lowest BCUT2D eigenvalue weighted by atomic mass is 10.2. The van der Waals surface area contributed by atoms with Crippen LogP contribution >= 0.6 is 0 Å². The van der Waals surface area contributed by atoms with Gasteiger partial charge in [-0.2, -0.15) is 0 Å². The van der Waals surface area contributed by atoms with Gasteiger partial charge in [-0.05, 0) is 26.2 Å². The molecule has 0 unspecified atom stereocenters. The van der Waals surface area contributed by atoms with Crippen LogP contribution in [0, 0.1) is 0 Å². The summed E-state index contributed by atoms with van der Waals surface area (Å²) >= 11 is 0. The van der Waals surface area contributed by atoms with E-state index < -0.39 is 0 Å². The molecule has 0 atom stereocenters. The molecule has 0 saturated carbocycles. The van der Waals surface area contributed by atoms with E-state index in [4.69, 9.17) is 9.47 Å². The minimum absolute atomic E-state index is 0.355. The van der Waals surface area contributed by atoms with E-state index in [1.165, 1.54) is 0 Å². The largest absolute Gasteiger partial charge is 0.350 e. The molecule has 0 heterocycles. The Morgan fingerprint density at radius 3 is 1.58 bits per heavy atom. The van der Waals surface area contributed by atoms with Crippen LogP contribution in [0.4, 0.5) is 0 Å². The Balaban J connectivity index is 3.70. The van der Waals surface area contributed by atoms with E-state index in [1.54, 1.807) is 0 Å². The average Bonchev–Trinajstić information content (AvgIpc) is 2.11. The molecule has 0 aliphatic carbocycles. The summed E-state index contributed by atoms with van der Waals surface area (Å²) in [6.45, 7) is 9.89. The summed E-state index contributed by atoms with van der Waals surface area (Å²) in [5.41, 5.74) is 0. The Hall–Kier alpha value is -0.0800. The molecule has 0 aliphatic heterocycles. The predicted molar refractivity (Wildman–Crippen MR) is 51.2 cm³/mol. The SMILES string of the molecule is CCCOC(C)(CC)OCCC. The molecule has 0 aromatic heterocycles. The van der Waals surface area contributed by atoms with Crippen LogP contribution in [0.15, 0.2) is 0 Å². The molecule has 0 aromatic carbocycles. The lowest BCUT2D eigenvalue weighted by Crippen LogP contribution is -2.32. The minimum Gasteiger partial charge on any atom is -0.350 e. The van der Waals surface area contributed by atoms with E-state index in [2.05, 4.69) is 20.8 Å². The van der Waals surface area contributed by atoms with E-state index >= 15 is 0 Å². The molecule has 74 valence electrons. The first kappa shape index (κ1) is 11.9. The van der Waals surface area contributed by atoms with Gasteiger partial charge in [0.25, 0.3) is 0 Å². The Labute approximate surface area is 76.3 Å². The van der Waals surface area contributed by atoms with Crippen molar-refractivity contribution in [1.29, 1.82) is 0 Å². The first-order valence-electron chi connectivity index (χ1n) is 4.96. The maximum atomic E-state index is 5.61. The highest BCUT2D eigenvalue weighted by atomic mass is 16.7. The molecule has 0 aromatic rings. The van der Waals surface area contributed by atoms with Crippen molar-refractivity contribution in [2.24, 2.45) is 0 Å². The zero-order valence-electron chi connectivity index (χ0n) is 8.85. The fourth-order valence-electron chi connectivity index (χ4n) is 0.882. The van der Waals surface area contributed by atoms with Gasteiger partial charge in [0.05, 0.1) is 0 Å². The second-order valence-electron chi connectivity index (χ2n) is 3.18. The Morgan fingerprint density at radius 1 is 0.917 bits per heavy atom. The highest BCUT2D eigenvalue weighted by Crippen LogP contribution is 2.17. The molecule has 0 rings (SSSR count). The van der Waals surface area contributed by atoms with Gasteiger partial charge in [0.1, 0.15) is 0 Å². The number of rotatable bonds is 7. The standard InChI is InChI=1S/C10H22O2/c1-5-8-11-10(4,7-3)12-9-6-2/h5-9H2,1-4H3. The van der Waals surface area contributed by atoms with E-state index in [-0.39, 0.29) is 5.79 Å². The minimum atomic E-state index is -0.355. The highest BCUT2D eigenvalue weighted by Gasteiger charge is 2.22. The summed E-state index contributed by atoms with van der Waals surface area (Å²) < 4.78 is 11.2. The van der Waals surface area contributed by atoms with Crippen molar-refractivity contribution >= 4 is 0 Å². The molecule has 2 heteroatoms. The van der Waals surface area contributed by atoms with Crippen molar-refractivity contribution in [3.8, 4) is 0 Å². The van der Waals surface area contributed by atoms with Crippen LogP contribution in [0.25, 0.3) is 0 Å². The molecule has 0 saturated heterocycles. The first-order chi connectivity index (χ1) is 5.68. The third-order valence-electron chi connectivity index (χ3n) is 1.87. The van der Waals surface area contributed by atoms with Crippen LogP contribution in [0.1, 0.15) is 47.0 Å². The average molecular weight is 174 g/mol. The van der Waals surface area contributed by atoms with Crippen molar-refractivity contribution in [2.45, 2.75) is 52.7 Å². The van der Waals surface area contributed by atoms with Gasteiger partial charge in [0, 0.05) is 13.2 Å².